The lowest BCUT2D eigenvalue weighted by atomic mass is 9.94. The molecule has 1 aromatic rings. The molecule has 29 heavy (non-hydrogen) atoms. The summed E-state index contributed by atoms with van der Waals surface area (Å²) < 4.78 is 24.0. The molecule has 0 unspecified atom stereocenters. The molecule has 164 valence electrons. The predicted octanol–water partition coefficient (Wildman–Crippen LogP) is 5.09. The van der Waals surface area contributed by atoms with Crippen molar-refractivity contribution in [2.24, 2.45) is 0 Å². The first-order valence-corrected chi connectivity index (χ1v) is 13.6. The minimum Gasteiger partial charge on any atom is -0.464 e. The second-order valence-electron chi connectivity index (χ2n) is 9.22. The van der Waals surface area contributed by atoms with Crippen molar-refractivity contribution in [3.05, 3.63) is 35.9 Å². The van der Waals surface area contributed by atoms with E-state index in [1.807, 2.05) is 44.2 Å². The number of hydrogen-bond acceptors (Lipinski definition) is 5. The van der Waals surface area contributed by atoms with Crippen LogP contribution in [0.15, 0.2) is 30.3 Å². The zero-order valence-corrected chi connectivity index (χ0v) is 20.1. The van der Waals surface area contributed by atoms with Crippen LogP contribution in [0.3, 0.4) is 0 Å². The zero-order valence-electron chi connectivity index (χ0n) is 19.1. The largest absolute Gasteiger partial charge is 0.464 e. The minimum atomic E-state index is -2.12. The lowest BCUT2D eigenvalue weighted by Gasteiger charge is -2.40. The number of hydrogen-bond donors (Lipinski definition) is 0. The van der Waals surface area contributed by atoms with Gasteiger partial charge in [-0.05, 0) is 43.5 Å². The van der Waals surface area contributed by atoms with Gasteiger partial charge in [0, 0.05) is 6.61 Å². The highest BCUT2D eigenvalue weighted by molar-refractivity contribution is 6.74. The van der Waals surface area contributed by atoms with E-state index in [1.165, 1.54) is 0 Å². The maximum absolute atomic E-state index is 12.9. The fourth-order valence-electron chi connectivity index (χ4n) is 3.27. The van der Waals surface area contributed by atoms with Crippen LogP contribution in [-0.2, 0) is 30.0 Å². The Kier molecular flexibility index (Phi) is 8.07. The standard InChI is InChI=1S/C23H38O5Si/c1-8-19-23(27-19,21(24)26-9-2)20(28-29(6,7)22(3,4)5)15-16-25-17-18-13-11-10-12-14-18/h10-14,19-20H,8-9,15-17H2,1-7H3/t19-,20-,23+/m1/s1. The van der Waals surface area contributed by atoms with Crippen LogP contribution in [0.4, 0.5) is 0 Å². The number of ether oxygens (including phenoxy) is 3. The van der Waals surface area contributed by atoms with Crippen LogP contribution in [0, 0.1) is 0 Å². The summed E-state index contributed by atoms with van der Waals surface area (Å²) in [4.78, 5) is 12.9. The van der Waals surface area contributed by atoms with Gasteiger partial charge in [0.1, 0.15) is 6.10 Å². The molecule has 0 saturated carbocycles. The molecule has 0 aliphatic carbocycles. The van der Waals surface area contributed by atoms with E-state index in [0.717, 1.165) is 12.0 Å². The van der Waals surface area contributed by atoms with Crippen LogP contribution in [0.5, 0.6) is 0 Å². The van der Waals surface area contributed by atoms with Crippen molar-refractivity contribution in [3.8, 4) is 0 Å². The van der Waals surface area contributed by atoms with Crippen molar-refractivity contribution in [2.75, 3.05) is 13.2 Å². The fourth-order valence-corrected chi connectivity index (χ4v) is 4.63. The Morgan fingerprint density at radius 2 is 1.86 bits per heavy atom. The summed E-state index contributed by atoms with van der Waals surface area (Å²) in [6.45, 7) is 16.2. The van der Waals surface area contributed by atoms with E-state index in [-0.39, 0.29) is 23.2 Å². The summed E-state index contributed by atoms with van der Waals surface area (Å²) in [7, 11) is -2.12. The second kappa shape index (κ2) is 9.73. The van der Waals surface area contributed by atoms with Crippen molar-refractivity contribution in [1.29, 1.82) is 0 Å². The molecule has 0 amide bonds. The molecule has 5 nitrogen and oxygen atoms in total. The summed E-state index contributed by atoms with van der Waals surface area (Å²) in [5.41, 5.74) is 0.125. The molecule has 3 atom stereocenters. The number of benzene rings is 1. The summed E-state index contributed by atoms with van der Waals surface area (Å²) >= 11 is 0. The highest BCUT2D eigenvalue weighted by Crippen LogP contribution is 2.48. The molecule has 1 saturated heterocycles. The molecule has 0 N–H and O–H groups in total. The number of rotatable bonds is 11. The zero-order chi connectivity index (χ0) is 21.7. The Bertz CT molecular complexity index is 655. The van der Waals surface area contributed by atoms with Gasteiger partial charge in [-0.2, -0.15) is 0 Å². The van der Waals surface area contributed by atoms with Crippen LogP contribution in [0.25, 0.3) is 0 Å². The van der Waals surface area contributed by atoms with Gasteiger partial charge in [0.15, 0.2) is 8.32 Å². The number of esters is 1. The van der Waals surface area contributed by atoms with Crippen molar-refractivity contribution in [2.45, 2.75) is 90.0 Å². The molecule has 0 bridgehead atoms. The molecule has 0 radical (unpaired) electrons. The Hall–Kier alpha value is -1.21. The lowest BCUT2D eigenvalue weighted by molar-refractivity contribution is -0.154. The summed E-state index contributed by atoms with van der Waals surface area (Å²) in [5, 5.41) is 0.0304. The van der Waals surface area contributed by atoms with Crippen molar-refractivity contribution < 1.29 is 23.4 Å². The highest BCUT2D eigenvalue weighted by atomic mass is 28.4. The third-order valence-corrected chi connectivity index (χ3v) is 10.6. The van der Waals surface area contributed by atoms with Crippen molar-refractivity contribution >= 4 is 14.3 Å². The van der Waals surface area contributed by atoms with Gasteiger partial charge in [-0.25, -0.2) is 4.79 Å². The molecular formula is C23H38O5Si. The second-order valence-corrected chi connectivity index (χ2v) is 14.0. The van der Waals surface area contributed by atoms with Gasteiger partial charge in [0.2, 0.25) is 5.60 Å². The van der Waals surface area contributed by atoms with Crippen LogP contribution in [0.2, 0.25) is 18.1 Å². The van der Waals surface area contributed by atoms with E-state index in [1.54, 1.807) is 0 Å². The van der Waals surface area contributed by atoms with E-state index >= 15 is 0 Å². The van der Waals surface area contributed by atoms with Gasteiger partial charge in [0.25, 0.3) is 0 Å². The Balaban J connectivity index is 2.13. The molecule has 1 heterocycles. The topological polar surface area (TPSA) is 57.3 Å². The molecule has 1 aromatic carbocycles. The van der Waals surface area contributed by atoms with Crippen LogP contribution in [-0.4, -0.2) is 45.3 Å². The first kappa shape index (κ1) is 24.1. The normalized spacial score (nSPS) is 22.9. The van der Waals surface area contributed by atoms with Gasteiger partial charge >= 0.3 is 5.97 Å². The van der Waals surface area contributed by atoms with Gasteiger partial charge < -0.3 is 18.6 Å². The van der Waals surface area contributed by atoms with E-state index < -0.39 is 13.9 Å². The first-order valence-electron chi connectivity index (χ1n) is 10.7. The average molecular weight is 423 g/mol. The van der Waals surface area contributed by atoms with Crippen molar-refractivity contribution in [3.63, 3.8) is 0 Å². The van der Waals surface area contributed by atoms with Gasteiger partial charge in [-0.1, -0.05) is 58.0 Å². The van der Waals surface area contributed by atoms with Crippen LogP contribution >= 0.6 is 0 Å². The van der Waals surface area contributed by atoms with Gasteiger partial charge in [-0.3, -0.25) is 0 Å². The van der Waals surface area contributed by atoms with E-state index in [2.05, 4.69) is 33.9 Å². The summed E-state index contributed by atoms with van der Waals surface area (Å²) in [5.74, 6) is -0.307. The van der Waals surface area contributed by atoms with Crippen molar-refractivity contribution in [1.82, 2.24) is 0 Å². The van der Waals surface area contributed by atoms with E-state index in [9.17, 15) is 4.79 Å². The Morgan fingerprint density at radius 3 is 2.38 bits per heavy atom. The summed E-state index contributed by atoms with van der Waals surface area (Å²) in [6, 6.07) is 10.1. The van der Waals surface area contributed by atoms with Gasteiger partial charge in [-0.15, -0.1) is 0 Å². The molecule has 0 spiro atoms. The maximum Gasteiger partial charge on any atom is 0.343 e. The van der Waals surface area contributed by atoms with Crippen LogP contribution in [0.1, 0.15) is 53.0 Å². The predicted molar refractivity (Wildman–Crippen MR) is 117 cm³/mol. The quantitative estimate of drug-likeness (QED) is 0.215. The average Bonchev–Trinajstić information content (AvgIpc) is 3.40. The van der Waals surface area contributed by atoms with Crippen LogP contribution < -0.4 is 0 Å². The molecule has 1 aliphatic rings. The monoisotopic (exact) mass is 422 g/mol. The molecule has 0 aromatic heterocycles. The molecular weight excluding hydrogens is 384 g/mol. The minimum absolute atomic E-state index is 0.0304. The number of carbonyl (C=O) groups is 1. The third kappa shape index (κ3) is 5.69. The SMILES string of the molecule is CCOC(=O)[C@]1([C@@H](CCOCc2ccccc2)O[Si](C)(C)C(C)(C)C)O[C@@H]1CC. The summed E-state index contributed by atoms with van der Waals surface area (Å²) in [6.07, 6.45) is 0.809. The Labute approximate surface area is 177 Å². The van der Waals surface area contributed by atoms with E-state index in [0.29, 0.717) is 26.2 Å². The lowest BCUT2D eigenvalue weighted by Crippen LogP contribution is -2.52. The van der Waals surface area contributed by atoms with E-state index in [4.69, 9.17) is 18.6 Å². The number of carbonyl (C=O) groups excluding carboxylic acids is 1. The maximum atomic E-state index is 12.9. The molecule has 2 rings (SSSR count). The highest BCUT2D eigenvalue weighted by Gasteiger charge is 2.68. The fraction of sp³-hybridized carbons (Fsp3) is 0.696. The third-order valence-electron chi connectivity index (χ3n) is 6.08. The Morgan fingerprint density at radius 1 is 1.21 bits per heavy atom. The first-order chi connectivity index (χ1) is 13.6. The molecule has 1 aliphatic heterocycles. The smallest absolute Gasteiger partial charge is 0.343 e. The molecule has 6 heteroatoms. The van der Waals surface area contributed by atoms with Gasteiger partial charge in [0.05, 0.1) is 19.3 Å². The molecule has 1 fully saturated rings. The number of epoxide rings is 1.